The Morgan fingerprint density at radius 1 is 1.30 bits per heavy atom. The molecule has 1 nitrogen and oxygen atoms in total. The van der Waals surface area contributed by atoms with Gasteiger partial charge in [-0.15, -0.1) is 0 Å². The van der Waals surface area contributed by atoms with E-state index < -0.39 is 0 Å². The van der Waals surface area contributed by atoms with Crippen LogP contribution in [0.4, 0.5) is 0 Å². The first-order chi connectivity index (χ1) is 4.27. The van der Waals surface area contributed by atoms with Crippen molar-refractivity contribution in [1.82, 2.24) is 5.32 Å². The Balaban J connectivity index is 0. The maximum atomic E-state index is 3.77. The van der Waals surface area contributed by atoms with Crippen LogP contribution in [-0.2, 0) is 0 Å². The van der Waals surface area contributed by atoms with Crippen molar-refractivity contribution in [1.29, 1.82) is 0 Å². The molecule has 0 bridgehead atoms. The molecule has 0 aromatic rings. The van der Waals surface area contributed by atoms with Crippen molar-refractivity contribution < 1.29 is 31.1 Å². The number of hydrogen-bond donors (Lipinski definition) is 1. The van der Waals surface area contributed by atoms with E-state index >= 15 is 0 Å². The zero-order chi connectivity index (χ0) is 7.11. The average Bonchev–Trinajstić information content (AvgIpc) is 1.80. The van der Waals surface area contributed by atoms with Crippen molar-refractivity contribution in [2.75, 3.05) is 6.54 Å². The van der Waals surface area contributed by atoms with E-state index in [1.807, 2.05) is 0 Å². The zero-order valence-corrected chi connectivity index (χ0v) is 11.3. The number of unbranched alkanes of at least 4 members (excludes halogenated alkanes) is 2. The van der Waals surface area contributed by atoms with Crippen molar-refractivity contribution >= 4 is 0 Å². The van der Waals surface area contributed by atoms with Gasteiger partial charge in [0.15, 0.2) is 0 Å². The molecule has 0 unspecified atom stereocenters. The largest absolute Gasteiger partial charge is 0.343 e. The Bertz CT molecular complexity index is 55.2. The van der Waals surface area contributed by atoms with Gasteiger partial charge in [-0.25, -0.2) is 0 Å². The van der Waals surface area contributed by atoms with Gasteiger partial charge in [0.25, 0.3) is 0 Å². The minimum absolute atomic E-state index is 0. The predicted octanol–water partition coefficient (Wildman–Crippen LogP) is 1.99. The Labute approximate surface area is 88.7 Å². The second-order valence-electron chi connectivity index (χ2n) is 2.67. The zero-order valence-electron chi connectivity index (χ0n) is 7.11. The van der Waals surface area contributed by atoms with Crippen LogP contribution in [0.15, 0.2) is 0 Å². The summed E-state index contributed by atoms with van der Waals surface area (Å²) in [5.74, 6) is 0. The summed E-state index contributed by atoms with van der Waals surface area (Å²) in [5.41, 5.74) is 0. The molecule has 2 heteroatoms. The van der Waals surface area contributed by atoms with E-state index in [0.29, 0.717) is 6.04 Å². The van der Waals surface area contributed by atoms with Crippen molar-refractivity contribution in [2.45, 2.75) is 39.2 Å². The molecule has 0 rings (SSSR count). The summed E-state index contributed by atoms with van der Waals surface area (Å²) >= 11 is 0. The summed E-state index contributed by atoms with van der Waals surface area (Å²) in [7, 11) is 0. The molecule has 0 radical (unpaired) electrons. The van der Waals surface area contributed by atoms with Gasteiger partial charge in [0.1, 0.15) is 0 Å². The predicted molar refractivity (Wildman–Crippen MR) is 42.3 cm³/mol. The minimum atomic E-state index is 0. The third kappa shape index (κ3) is 11.8. The molecule has 0 spiro atoms. The standard InChI is InChI=1S/C8H18N.U/c1-4-5-6-7-9-8(2)3;/h8-9H,1,4-7H2,2-3H3;/q-1;. The Hall–Kier alpha value is 1.01. The van der Waals surface area contributed by atoms with E-state index in [1.165, 1.54) is 12.8 Å². The first-order valence-electron chi connectivity index (χ1n) is 3.80. The SMILES string of the molecule is [CH2-]CCCCNC(C)C.[U]. The third-order valence-electron chi connectivity index (χ3n) is 1.23. The molecule has 0 amide bonds. The van der Waals surface area contributed by atoms with Crippen LogP contribution in [-0.4, -0.2) is 12.6 Å². The molecule has 0 aliphatic rings. The average molecular weight is 366 g/mol. The van der Waals surface area contributed by atoms with E-state index in [-0.39, 0.29) is 31.1 Å². The van der Waals surface area contributed by atoms with Gasteiger partial charge in [-0.05, 0) is 13.0 Å². The molecule has 0 aliphatic carbocycles. The van der Waals surface area contributed by atoms with E-state index in [1.54, 1.807) is 0 Å². The van der Waals surface area contributed by atoms with Crippen molar-refractivity contribution in [2.24, 2.45) is 0 Å². The molecule has 0 atom stereocenters. The number of rotatable bonds is 5. The normalized spacial score (nSPS) is 9.60. The molecule has 0 heterocycles. The molecular weight excluding hydrogens is 348 g/mol. The summed E-state index contributed by atoms with van der Waals surface area (Å²) in [6.45, 7) is 9.26. The van der Waals surface area contributed by atoms with Crippen LogP contribution >= 0.6 is 0 Å². The van der Waals surface area contributed by atoms with Gasteiger partial charge in [0.05, 0.1) is 0 Å². The summed E-state index contributed by atoms with van der Waals surface area (Å²) in [6, 6.07) is 0.634. The molecule has 0 saturated carbocycles. The van der Waals surface area contributed by atoms with Crippen LogP contribution in [0.3, 0.4) is 0 Å². The third-order valence-corrected chi connectivity index (χ3v) is 1.23. The van der Waals surface area contributed by atoms with Crippen LogP contribution in [0, 0.1) is 38.0 Å². The molecule has 0 aromatic carbocycles. The number of hydrogen-bond acceptors (Lipinski definition) is 1. The summed E-state index contributed by atoms with van der Waals surface area (Å²) in [6.07, 6.45) is 3.58. The second-order valence-corrected chi connectivity index (χ2v) is 2.67. The van der Waals surface area contributed by atoms with Gasteiger partial charge in [0.2, 0.25) is 0 Å². The summed E-state index contributed by atoms with van der Waals surface area (Å²) < 4.78 is 0. The molecular formula is C8H18NU-. The minimum Gasteiger partial charge on any atom is -0.343 e. The van der Waals surface area contributed by atoms with Gasteiger partial charge in [0, 0.05) is 37.2 Å². The van der Waals surface area contributed by atoms with E-state index in [4.69, 9.17) is 0 Å². The second kappa shape index (κ2) is 10.0. The van der Waals surface area contributed by atoms with Crippen molar-refractivity contribution in [3.8, 4) is 0 Å². The van der Waals surface area contributed by atoms with Crippen LogP contribution in [0.5, 0.6) is 0 Å². The maximum Gasteiger partial charge on any atom is 0.00103 e. The van der Waals surface area contributed by atoms with Gasteiger partial charge in [-0.2, -0.15) is 6.42 Å². The van der Waals surface area contributed by atoms with Crippen LogP contribution in [0.1, 0.15) is 33.1 Å². The monoisotopic (exact) mass is 366 g/mol. The quantitative estimate of drug-likeness (QED) is 0.580. The Kier molecular flexibility index (Phi) is 13.6. The van der Waals surface area contributed by atoms with Gasteiger partial charge in [-0.1, -0.05) is 20.3 Å². The first-order valence-corrected chi connectivity index (χ1v) is 3.80. The van der Waals surface area contributed by atoms with E-state index in [9.17, 15) is 0 Å². The molecule has 0 saturated heterocycles. The fraction of sp³-hybridized carbons (Fsp3) is 0.875. The molecule has 0 aromatic heterocycles. The smallest absolute Gasteiger partial charge is 0.00103 e. The first kappa shape index (κ1) is 13.6. The molecule has 10 heavy (non-hydrogen) atoms. The van der Waals surface area contributed by atoms with Gasteiger partial charge in [-0.3, -0.25) is 0 Å². The van der Waals surface area contributed by atoms with E-state index in [2.05, 4.69) is 26.1 Å². The van der Waals surface area contributed by atoms with Crippen molar-refractivity contribution in [3.63, 3.8) is 0 Å². The van der Waals surface area contributed by atoms with Gasteiger partial charge < -0.3 is 12.2 Å². The molecule has 0 fully saturated rings. The fourth-order valence-electron chi connectivity index (χ4n) is 0.693. The molecule has 0 aliphatic heterocycles. The van der Waals surface area contributed by atoms with Crippen LogP contribution in [0.2, 0.25) is 0 Å². The topological polar surface area (TPSA) is 12.0 Å². The number of nitrogens with one attached hydrogen (secondary N) is 1. The fourth-order valence-corrected chi connectivity index (χ4v) is 0.693. The van der Waals surface area contributed by atoms with Gasteiger partial charge >= 0.3 is 0 Å². The summed E-state index contributed by atoms with van der Waals surface area (Å²) in [5, 5.41) is 3.35. The summed E-state index contributed by atoms with van der Waals surface area (Å²) in [4.78, 5) is 0. The Morgan fingerprint density at radius 2 is 1.90 bits per heavy atom. The maximum absolute atomic E-state index is 3.77. The van der Waals surface area contributed by atoms with Crippen molar-refractivity contribution in [3.05, 3.63) is 6.92 Å². The van der Waals surface area contributed by atoms with E-state index in [0.717, 1.165) is 13.0 Å². The molecule has 60 valence electrons. The molecule has 1 N–H and O–H groups in total. The Morgan fingerprint density at radius 3 is 2.30 bits per heavy atom. The van der Waals surface area contributed by atoms with Crippen LogP contribution < -0.4 is 5.32 Å². The van der Waals surface area contributed by atoms with Crippen LogP contribution in [0.25, 0.3) is 0 Å².